The molecule has 0 radical (unpaired) electrons. The van der Waals surface area contributed by atoms with E-state index in [1.807, 2.05) is 24.3 Å². The molecule has 0 saturated carbocycles. The van der Waals surface area contributed by atoms with Gasteiger partial charge in [0.1, 0.15) is 5.75 Å². The Morgan fingerprint density at radius 2 is 1.66 bits per heavy atom. The highest BCUT2D eigenvalue weighted by Crippen LogP contribution is 2.23. The predicted octanol–water partition coefficient (Wildman–Crippen LogP) is 4.51. The van der Waals surface area contributed by atoms with Crippen molar-refractivity contribution < 1.29 is 14.1 Å². The summed E-state index contributed by atoms with van der Waals surface area (Å²) in [5, 5.41) is 7.30. The fourth-order valence-electron chi connectivity index (χ4n) is 5.37. The molecule has 2 aromatic carbocycles. The van der Waals surface area contributed by atoms with E-state index >= 15 is 0 Å². The SMILES string of the molecule is COc1ccc(-c2noc(CN3CCC(C(=O)NCc4cccc(CN5CCC(C)CC5)c4)CC3)n2)cc1. The molecule has 3 heterocycles. The minimum atomic E-state index is 0.0438. The summed E-state index contributed by atoms with van der Waals surface area (Å²) in [4.78, 5) is 22.3. The highest BCUT2D eigenvalue weighted by molar-refractivity contribution is 5.78. The average molecular weight is 518 g/mol. The van der Waals surface area contributed by atoms with E-state index in [0.717, 1.165) is 49.7 Å². The molecular weight excluding hydrogens is 478 g/mol. The quantitative estimate of drug-likeness (QED) is 0.447. The van der Waals surface area contributed by atoms with Crippen LogP contribution in [0.25, 0.3) is 11.4 Å². The van der Waals surface area contributed by atoms with Gasteiger partial charge in [0, 0.05) is 24.6 Å². The maximum absolute atomic E-state index is 12.9. The number of ether oxygens (including phenoxy) is 1. The standard InChI is InChI=1S/C30H39N5O3/c1-22-10-14-34(15-11-22)20-24-5-3-4-23(18-24)19-31-30(36)26-12-16-35(17-13-26)21-28-32-29(33-38-28)25-6-8-27(37-2)9-7-25/h3-9,18,22,26H,10-17,19-21H2,1-2H3,(H,31,36). The van der Waals surface area contributed by atoms with Gasteiger partial charge in [0.25, 0.3) is 0 Å². The van der Waals surface area contributed by atoms with E-state index in [2.05, 4.69) is 56.4 Å². The van der Waals surface area contributed by atoms with Crippen LogP contribution in [0.1, 0.15) is 49.6 Å². The lowest BCUT2D eigenvalue weighted by molar-refractivity contribution is -0.126. The van der Waals surface area contributed by atoms with E-state index in [-0.39, 0.29) is 11.8 Å². The lowest BCUT2D eigenvalue weighted by atomic mass is 9.95. The van der Waals surface area contributed by atoms with Crippen LogP contribution in [0.2, 0.25) is 0 Å². The number of carbonyl (C=O) groups excluding carboxylic acids is 1. The smallest absolute Gasteiger partial charge is 0.241 e. The van der Waals surface area contributed by atoms with Gasteiger partial charge in [0.2, 0.25) is 17.6 Å². The van der Waals surface area contributed by atoms with Crippen molar-refractivity contribution in [3.05, 3.63) is 65.5 Å². The van der Waals surface area contributed by atoms with Crippen molar-refractivity contribution in [3.8, 4) is 17.1 Å². The van der Waals surface area contributed by atoms with Crippen molar-refractivity contribution in [2.45, 2.75) is 52.2 Å². The molecule has 0 spiro atoms. The van der Waals surface area contributed by atoms with Gasteiger partial charge in [-0.2, -0.15) is 4.98 Å². The Kier molecular flexibility index (Phi) is 8.71. The zero-order valence-corrected chi connectivity index (χ0v) is 22.6. The number of nitrogens with zero attached hydrogens (tertiary/aromatic N) is 4. The first-order chi connectivity index (χ1) is 18.6. The molecule has 38 heavy (non-hydrogen) atoms. The van der Waals surface area contributed by atoms with Gasteiger partial charge in [-0.25, -0.2) is 0 Å². The number of rotatable bonds is 9. The number of likely N-dealkylation sites (tertiary alicyclic amines) is 2. The van der Waals surface area contributed by atoms with Gasteiger partial charge in [-0.05, 0) is 93.2 Å². The largest absolute Gasteiger partial charge is 0.497 e. The molecule has 1 aromatic heterocycles. The number of methoxy groups -OCH3 is 1. The Hall–Kier alpha value is -3.23. The molecule has 1 amide bonds. The highest BCUT2D eigenvalue weighted by Gasteiger charge is 2.26. The normalized spacial score (nSPS) is 17.9. The highest BCUT2D eigenvalue weighted by atomic mass is 16.5. The lowest BCUT2D eigenvalue weighted by Gasteiger charge is -2.30. The number of hydrogen-bond donors (Lipinski definition) is 1. The third-order valence-corrected chi connectivity index (χ3v) is 7.87. The molecule has 2 saturated heterocycles. The molecule has 0 atom stereocenters. The number of nitrogens with one attached hydrogen (secondary N) is 1. The number of carbonyl (C=O) groups is 1. The van der Waals surface area contributed by atoms with E-state index in [4.69, 9.17) is 9.26 Å². The number of benzene rings is 2. The van der Waals surface area contributed by atoms with E-state index < -0.39 is 0 Å². The molecule has 8 nitrogen and oxygen atoms in total. The molecule has 0 bridgehead atoms. The Morgan fingerprint density at radius 1 is 0.974 bits per heavy atom. The van der Waals surface area contributed by atoms with Crippen LogP contribution in [0.3, 0.4) is 0 Å². The van der Waals surface area contributed by atoms with Gasteiger partial charge >= 0.3 is 0 Å². The van der Waals surface area contributed by atoms with Crippen LogP contribution in [-0.2, 0) is 24.4 Å². The van der Waals surface area contributed by atoms with Crippen molar-refractivity contribution in [2.24, 2.45) is 11.8 Å². The number of hydrogen-bond acceptors (Lipinski definition) is 7. The van der Waals surface area contributed by atoms with Crippen LogP contribution in [0.15, 0.2) is 53.1 Å². The monoisotopic (exact) mass is 517 g/mol. The topological polar surface area (TPSA) is 83.7 Å². The second-order valence-corrected chi connectivity index (χ2v) is 10.8. The van der Waals surface area contributed by atoms with Crippen molar-refractivity contribution in [1.82, 2.24) is 25.3 Å². The Balaban J connectivity index is 1.05. The fraction of sp³-hybridized carbons (Fsp3) is 0.500. The van der Waals surface area contributed by atoms with Gasteiger partial charge in [-0.3, -0.25) is 14.6 Å². The molecular formula is C30H39N5O3. The first-order valence-electron chi connectivity index (χ1n) is 13.8. The summed E-state index contributed by atoms with van der Waals surface area (Å²) in [6.07, 6.45) is 4.24. The molecule has 1 N–H and O–H groups in total. The number of piperidine rings is 2. The van der Waals surface area contributed by atoms with Gasteiger partial charge in [0.15, 0.2) is 0 Å². The molecule has 2 fully saturated rings. The van der Waals surface area contributed by atoms with Gasteiger partial charge in [-0.1, -0.05) is 36.3 Å². The van der Waals surface area contributed by atoms with Gasteiger partial charge < -0.3 is 14.6 Å². The van der Waals surface area contributed by atoms with Crippen LogP contribution in [0, 0.1) is 11.8 Å². The van der Waals surface area contributed by atoms with Crippen LogP contribution in [0.5, 0.6) is 5.75 Å². The first-order valence-corrected chi connectivity index (χ1v) is 13.8. The summed E-state index contributed by atoms with van der Waals surface area (Å²) in [6, 6.07) is 16.3. The van der Waals surface area contributed by atoms with E-state index in [1.54, 1.807) is 7.11 Å². The van der Waals surface area contributed by atoms with Crippen molar-refractivity contribution in [2.75, 3.05) is 33.3 Å². The first kappa shape index (κ1) is 26.4. The lowest BCUT2D eigenvalue weighted by Crippen LogP contribution is -2.40. The van der Waals surface area contributed by atoms with Crippen LogP contribution in [0.4, 0.5) is 0 Å². The molecule has 8 heteroatoms. The Labute approximate surface area is 225 Å². The fourth-order valence-corrected chi connectivity index (χ4v) is 5.37. The zero-order chi connectivity index (χ0) is 26.3. The molecule has 0 unspecified atom stereocenters. The zero-order valence-electron chi connectivity index (χ0n) is 22.6. The van der Waals surface area contributed by atoms with Gasteiger partial charge in [0.05, 0.1) is 13.7 Å². The van der Waals surface area contributed by atoms with Crippen LogP contribution < -0.4 is 10.1 Å². The Morgan fingerprint density at radius 3 is 2.39 bits per heavy atom. The second kappa shape index (κ2) is 12.5. The van der Waals surface area contributed by atoms with E-state index in [9.17, 15) is 4.79 Å². The average Bonchev–Trinajstić information content (AvgIpc) is 3.42. The summed E-state index contributed by atoms with van der Waals surface area (Å²) in [5.41, 5.74) is 3.39. The van der Waals surface area contributed by atoms with Crippen molar-refractivity contribution >= 4 is 5.91 Å². The van der Waals surface area contributed by atoms with Crippen molar-refractivity contribution in [3.63, 3.8) is 0 Å². The minimum Gasteiger partial charge on any atom is -0.497 e. The number of amides is 1. The van der Waals surface area contributed by atoms with E-state index in [1.165, 1.54) is 37.1 Å². The predicted molar refractivity (Wildman–Crippen MR) is 146 cm³/mol. The van der Waals surface area contributed by atoms with Crippen LogP contribution in [-0.4, -0.2) is 59.1 Å². The maximum Gasteiger partial charge on any atom is 0.241 e. The third-order valence-electron chi connectivity index (χ3n) is 7.87. The second-order valence-electron chi connectivity index (χ2n) is 10.8. The summed E-state index contributed by atoms with van der Waals surface area (Å²) >= 11 is 0. The summed E-state index contributed by atoms with van der Waals surface area (Å²) in [5.74, 6) is 3.00. The Bertz CT molecular complexity index is 1180. The van der Waals surface area contributed by atoms with Gasteiger partial charge in [-0.15, -0.1) is 0 Å². The maximum atomic E-state index is 12.9. The third kappa shape index (κ3) is 6.99. The summed E-state index contributed by atoms with van der Waals surface area (Å²) in [7, 11) is 1.64. The molecule has 0 aliphatic carbocycles. The molecule has 202 valence electrons. The van der Waals surface area contributed by atoms with Crippen molar-refractivity contribution in [1.29, 1.82) is 0 Å². The molecule has 5 rings (SSSR count). The molecule has 2 aliphatic heterocycles. The number of aromatic nitrogens is 2. The summed E-state index contributed by atoms with van der Waals surface area (Å²) in [6.45, 7) is 8.55. The molecule has 2 aliphatic rings. The minimum absolute atomic E-state index is 0.0438. The molecule has 3 aromatic rings. The van der Waals surface area contributed by atoms with E-state index in [0.29, 0.717) is 24.8 Å². The summed E-state index contributed by atoms with van der Waals surface area (Å²) < 4.78 is 10.7. The van der Waals surface area contributed by atoms with Crippen LogP contribution >= 0.6 is 0 Å².